The lowest BCUT2D eigenvalue weighted by molar-refractivity contribution is 0.404. The Hall–Kier alpha value is -0.890. The molecule has 0 fully saturated rings. The van der Waals surface area contributed by atoms with Crippen LogP contribution in [0.4, 0.5) is 4.39 Å². The Labute approximate surface area is 97.9 Å². The maximum absolute atomic E-state index is 13.5. The second kappa shape index (κ2) is 5.44. The first-order valence-electron chi connectivity index (χ1n) is 6.03. The molecule has 90 valence electrons. The highest BCUT2D eigenvalue weighted by atomic mass is 19.1. The van der Waals surface area contributed by atoms with Crippen molar-refractivity contribution in [1.29, 1.82) is 0 Å². The van der Waals surface area contributed by atoms with Crippen molar-refractivity contribution >= 4 is 0 Å². The van der Waals surface area contributed by atoms with Gasteiger partial charge in [0.05, 0.1) is 0 Å². The van der Waals surface area contributed by atoms with Crippen LogP contribution in [0.3, 0.4) is 0 Å². The minimum absolute atomic E-state index is 0.0213. The van der Waals surface area contributed by atoms with E-state index in [0.717, 1.165) is 18.4 Å². The van der Waals surface area contributed by atoms with Gasteiger partial charge in [0.15, 0.2) is 0 Å². The molecule has 2 N–H and O–H groups in total. The largest absolute Gasteiger partial charge is 0.324 e. The molecule has 1 nitrogen and oxygen atoms in total. The second-order valence-electron chi connectivity index (χ2n) is 4.57. The molecule has 0 aliphatic heterocycles. The molecule has 0 aliphatic carbocycles. The van der Waals surface area contributed by atoms with Gasteiger partial charge in [-0.2, -0.15) is 0 Å². The summed E-state index contributed by atoms with van der Waals surface area (Å²) in [7, 11) is 0. The average Bonchev–Trinajstić information content (AvgIpc) is 2.26. The molecule has 1 aromatic rings. The summed E-state index contributed by atoms with van der Waals surface area (Å²) in [6.07, 6.45) is 2.13. The lowest BCUT2D eigenvalue weighted by atomic mass is 9.88. The van der Waals surface area contributed by atoms with Gasteiger partial charge >= 0.3 is 0 Å². The molecule has 0 bridgehead atoms. The van der Waals surface area contributed by atoms with Crippen LogP contribution in [0.15, 0.2) is 12.1 Å². The summed E-state index contributed by atoms with van der Waals surface area (Å²) in [4.78, 5) is 0. The van der Waals surface area contributed by atoms with Crippen LogP contribution in [0.1, 0.15) is 49.4 Å². The standard InChI is InChI=1S/C14H22FN/c1-5-11(6-2)14(16)12-7-9(3)13(15)10(4)8-12/h7-8,11,14H,5-6,16H2,1-4H3. The van der Waals surface area contributed by atoms with E-state index in [1.165, 1.54) is 0 Å². The molecule has 0 aliphatic rings. The van der Waals surface area contributed by atoms with E-state index in [0.29, 0.717) is 17.0 Å². The van der Waals surface area contributed by atoms with E-state index >= 15 is 0 Å². The van der Waals surface area contributed by atoms with Crippen molar-refractivity contribution in [2.75, 3.05) is 0 Å². The molecule has 0 saturated carbocycles. The summed E-state index contributed by atoms with van der Waals surface area (Å²) in [5.74, 6) is 0.366. The lowest BCUT2D eigenvalue weighted by Crippen LogP contribution is -2.20. The van der Waals surface area contributed by atoms with Gasteiger partial charge in [0.25, 0.3) is 0 Å². The highest BCUT2D eigenvalue weighted by molar-refractivity contribution is 5.32. The van der Waals surface area contributed by atoms with Crippen LogP contribution in [0, 0.1) is 25.6 Å². The molecule has 0 amide bonds. The van der Waals surface area contributed by atoms with Crippen LogP contribution < -0.4 is 5.73 Å². The third-order valence-electron chi connectivity index (χ3n) is 3.40. The second-order valence-corrected chi connectivity index (χ2v) is 4.57. The number of hydrogen-bond acceptors (Lipinski definition) is 1. The fourth-order valence-electron chi connectivity index (χ4n) is 2.24. The Kier molecular flexibility index (Phi) is 4.48. The number of rotatable bonds is 4. The van der Waals surface area contributed by atoms with Gasteiger partial charge in [0.1, 0.15) is 5.82 Å². The molecule has 1 aromatic carbocycles. The highest BCUT2D eigenvalue weighted by Crippen LogP contribution is 2.27. The van der Waals surface area contributed by atoms with Crippen LogP contribution in [0.25, 0.3) is 0 Å². The van der Waals surface area contributed by atoms with Crippen LogP contribution in [0.2, 0.25) is 0 Å². The van der Waals surface area contributed by atoms with Gasteiger partial charge in [0.2, 0.25) is 0 Å². The zero-order chi connectivity index (χ0) is 12.3. The summed E-state index contributed by atoms with van der Waals surface area (Å²) in [6.45, 7) is 7.89. The van der Waals surface area contributed by atoms with Crippen molar-refractivity contribution in [3.05, 3.63) is 34.6 Å². The van der Waals surface area contributed by atoms with E-state index in [9.17, 15) is 4.39 Å². The molecule has 0 spiro atoms. The maximum Gasteiger partial charge on any atom is 0.129 e. The molecule has 1 rings (SSSR count). The molecule has 1 atom stereocenters. The van der Waals surface area contributed by atoms with E-state index in [-0.39, 0.29) is 11.9 Å². The smallest absolute Gasteiger partial charge is 0.129 e. The molecule has 16 heavy (non-hydrogen) atoms. The Morgan fingerprint density at radius 2 is 1.56 bits per heavy atom. The Bertz CT molecular complexity index is 333. The summed E-state index contributed by atoms with van der Waals surface area (Å²) in [5.41, 5.74) is 8.67. The van der Waals surface area contributed by atoms with Gasteiger partial charge < -0.3 is 5.73 Å². The van der Waals surface area contributed by atoms with Crippen molar-refractivity contribution in [2.45, 2.75) is 46.6 Å². The Morgan fingerprint density at radius 1 is 1.12 bits per heavy atom. The number of hydrogen-bond donors (Lipinski definition) is 1. The van der Waals surface area contributed by atoms with Crippen LogP contribution in [-0.2, 0) is 0 Å². The normalized spacial score (nSPS) is 13.2. The van der Waals surface area contributed by atoms with Crippen molar-refractivity contribution in [2.24, 2.45) is 11.7 Å². The summed E-state index contributed by atoms with van der Waals surface area (Å²) in [5, 5.41) is 0. The minimum atomic E-state index is -0.111. The van der Waals surface area contributed by atoms with Crippen LogP contribution >= 0.6 is 0 Å². The molecule has 0 saturated heterocycles. The fraction of sp³-hybridized carbons (Fsp3) is 0.571. The average molecular weight is 223 g/mol. The zero-order valence-electron chi connectivity index (χ0n) is 10.7. The lowest BCUT2D eigenvalue weighted by Gasteiger charge is -2.22. The predicted octanol–water partition coefficient (Wildman–Crippen LogP) is 3.88. The van der Waals surface area contributed by atoms with Gasteiger partial charge in [-0.05, 0) is 36.5 Å². The molecular formula is C14H22FN. The quantitative estimate of drug-likeness (QED) is 0.823. The molecule has 0 aromatic heterocycles. The third-order valence-corrected chi connectivity index (χ3v) is 3.40. The van der Waals surface area contributed by atoms with Crippen LogP contribution in [-0.4, -0.2) is 0 Å². The van der Waals surface area contributed by atoms with Crippen molar-refractivity contribution < 1.29 is 4.39 Å². The molecule has 0 radical (unpaired) electrons. The number of aryl methyl sites for hydroxylation is 2. The van der Waals surface area contributed by atoms with E-state index < -0.39 is 0 Å². The number of halogens is 1. The Balaban J connectivity index is 3.04. The third kappa shape index (κ3) is 2.62. The monoisotopic (exact) mass is 223 g/mol. The van der Waals surface area contributed by atoms with Crippen molar-refractivity contribution in [1.82, 2.24) is 0 Å². The summed E-state index contributed by atoms with van der Waals surface area (Å²) >= 11 is 0. The first-order chi connectivity index (χ1) is 7.51. The van der Waals surface area contributed by atoms with Crippen molar-refractivity contribution in [3.63, 3.8) is 0 Å². The van der Waals surface area contributed by atoms with Crippen molar-refractivity contribution in [3.8, 4) is 0 Å². The minimum Gasteiger partial charge on any atom is -0.324 e. The van der Waals surface area contributed by atoms with Gasteiger partial charge in [-0.15, -0.1) is 0 Å². The number of nitrogens with two attached hydrogens (primary N) is 1. The van der Waals surface area contributed by atoms with Crippen LogP contribution in [0.5, 0.6) is 0 Å². The highest BCUT2D eigenvalue weighted by Gasteiger charge is 2.17. The maximum atomic E-state index is 13.5. The van der Waals surface area contributed by atoms with Gasteiger partial charge in [-0.25, -0.2) is 4.39 Å². The zero-order valence-corrected chi connectivity index (χ0v) is 10.7. The molecule has 1 unspecified atom stereocenters. The topological polar surface area (TPSA) is 26.0 Å². The molecule has 2 heteroatoms. The molecule has 0 heterocycles. The number of benzene rings is 1. The summed E-state index contributed by atoms with van der Waals surface area (Å²) in [6, 6.07) is 3.78. The fourth-order valence-corrected chi connectivity index (χ4v) is 2.24. The summed E-state index contributed by atoms with van der Waals surface area (Å²) < 4.78 is 13.5. The van der Waals surface area contributed by atoms with Gasteiger partial charge in [0, 0.05) is 6.04 Å². The van der Waals surface area contributed by atoms with E-state index in [1.54, 1.807) is 13.8 Å². The van der Waals surface area contributed by atoms with E-state index in [2.05, 4.69) is 13.8 Å². The van der Waals surface area contributed by atoms with Gasteiger partial charge in [-0.1, -0.05) is 38.8 Å². The first kappa shape index (κ1) is 13.2. The SMILES string of the molecule is CCC(CC)C(N)c1cc(C)c(F)c(C)c1. The first-order valence-corrected chi connectivity index (χ1v) is 6.03. The van der Waals surface area contributed by atoms with E-state index in [4.69, 9.17) is 5.73 Å². The van der Waals surface area contributed by atoms with E-state index in [1.807, 2.05) is 12.1 Å². The van der Waals surface area contributed by atoms with Gasteiger partial charge in [-0.3, -0.25) is 0 Å². The Morgan fingerprint density at radius 3 is 1.94 bits per heavy atom. The molecular weight excluding hydrogens is 201 g/mol. The predicted molar refractivity (Wildman–Crippen MR) is 66.9 cm³/mol.